The summed E-state index contributed by atoms with van der Waals surface area (Å²) >= 11 is 5.35. The number of benzene rings is 1. The normalized spacial score (nSPS) is 9.64. The van der Waals surface area contributed by atoms with Crippen LogP contribution in [0.3, 0.4) is 0 Å². The molecule has 0 unspecified atom stereocenters. The summed E-state index contributed by atoms with van der Waals surface area (Å²) < 4.78 is 1.62. The summed E-state index contributed by atoms with van der Waals surface area (Å²) in [6, 6.07) is 5.36. The highest BCUT2D eigenvalue weighted by Crippen LogP contribution is 2.19. The van der Waals surface area contributed by atoms with E-state index in [1.807, 2.05) is 6.07 Å². The minimum atomic E-state index is -0.386. The second-order valence-electron chi connectivity index (χ2n) is 2.63. The van der Waals surface area contributed by atoms with Crippen LogP contribution in [-0.4, -0.2) is 11.8 Å². The van der Waals surface area contributed by atoms with E-state index in [1.165, 1.54) is 6.92 Å². The van der Waals surface area contributed by atoms with E-state index < -0.39 is 0 Å². The molecule has 2 amide bonds. The van der Waals surface area contributed by atoms with Gasteiger partial charge in [-0.3, -0.25) is 14.9 Å². The predicted molar refractivity (Wildman–Crippen MR) is 65.0 cm³/mol. The summed E-state index contributed by atoms with van der Waals surface area (Å²) in [5, 5.41) is 2.22. The minimum Gasteiger partial charge on any atom is -0.293 e. The van der Waals surface area contributed by atoms with E-state index in [2.05, 4.69) is 43.8 Å². The Morgan fingerprint density at radius 1 is 1.43 bits per heavy atom. The lowest BCUT2D eigenvalue weighted by molar-refractivity contribution is -0.118. The van der Waals surface area contributed by atoms with Crippen LogP contribution in [0.5, 0.6) is 0 Å². The number of amides is 2. The molecular weight excluding hydrogens is 361 g/mol. The van der Waals surface area contributed by atoms with Crippen LogP contribution >= 0.6 is 38.5 Å². The largest absolute Gasteiger partial charge is 0.293 e. The van der Waals surface area contributed by atoms with Gasteiger partial charge in [0.25, 0.3) is 5.91 Å². The fraction of sp³-hybridized carbons (Fsp3) is 0.111. The second-order valence-corrected chi connectivity index (χ2v) is 4.73. The lowest BCUT2D eigenvalue weighted by Gasteiger charge is -2.03. The average molecular weight is 368 g/mol. The maximum atomic E-state index is 11.5. The maximum Gasteiger partial charge on any atom is 0.259 e. The smallest absolute Gasteiger partial charge is 0.259 e. The maximum absolute atomic E-state index is 11.5. The SMILES string of the molecule is CC(=O)NC(=O)c1cc(I)ccc1Br. The van der Waals surface area contributed by atoms with Crippen LogP contribution < -0.4 is 5.32 Å². The van der Waals surface area contributed by atoms with E-state index in [1.54, 1.807) is 12.1 Å². The Labute approximate surface area is 104 Å². The molecule has 5 heteroatoms. The van der Waals surface area contributed by atoms with Crippen molar-refractivity contribution >= 4 is 50.3 Å². The molecule has 3 nitrogen and oxygen atoms in total. The van der Waals surface area contributed by atoms with Gasteiger partial charge in [0.2, 0.25) is 5.91 Å². The summed E-state index contributed by atoms with van der Waals surface area (Å²) in [7, 11) is 0. The predicted octanol–water partition coefficient (Wildman–Crippen LogP) is 2.33. The summed E-state index contributed by atoms with van der Waals surface area (Å²) in [6.07, 6.45) is 0. The minimum absolute atomic E-state index is 0.360. The van der Waals surface area contributed by atoms with Crippen LogP contribution in [0, 0.1) is 3.57 Å². The van der Waals surface area contributed by atoms with Crippen molar-refractivity contribution < 1.29 is 9.59 Å². The highest BCUT2D eigenvalue weighted by atomic mass is 127. The molecule has 0 aliphatic heterocycles. The van der Waals surface area contributed by atoms with Crippen molar-refractivity contribution in [3.8, 4) is 0 Å². The van der Waals surface area contributed by atoms with E-state index in [9.17, 15) is 9.59 Å². The van der Waals surface area contributed by atoms with Gasteiger partial charge in [0.15, 0.2) is 0 Å². The van der Waals surface area contributed by atoms with Gasteiger partial charge in [-0.2, -0.15) is 0 Å². The van der Waals surface area contributed by atoms with Crippen molar-refractivity contribution in [1.29, 1.82) is 0 Å². The van der Waals surface area contributed by atoms with Gasteiger partial charge < -0.3 is 0 Å². The third kappa shape index (κ3) is 3.06. The van der Waals surface area contributed by atoms with Crippen LogP contribution in [0.2, 0.25) is 0 Å². The van der Waals surface area contributed by atoms with Crippen LogP contribution in [0.1, 0.15) is 17.3 Å². The number of imide groups is 1. The van der Waals surface area contributed by atoms with Crippen LogP contribution in [0.15, 0.2) is 22.7 Å². The molecule has 0 aliphatic carbocycles. The number of halogens is 2. The van der Waals surface area contributed by atoms with Gasteiger partial charge in [0.1, 0.15) is 0 Å². The quantitative estimate of drug-likeness (QED) is 0.774. The molecule has 0 radical (unpaired) electrons. The number of hydrogen-bond donors (Lipinski definition) is 1. The first kappa shape index (κ1) is 11.6. The van der Waals surface area contributed by atoms with Gasteiger partial charge in [0, 0.05) is 15.0 Å². The Bertz CT molecular complexity index is 392. The number of carbonyl (C=O) groups excluding carboxylic acids is 2. The fourth-order valence-corrected chi connectivity index (χ4v) is 1.82. The van der Waals surface area contributed by atoms with Gasteiger partial charge in [-0.1, -0.05) is 0 Å². The van der Waals surface area contributed by atoms with Gasteiger partial charge in [-0.25, -0.2) is 0 Å². The number of rotatable bonds is 1. The fourth-order valence-electron chi connectivity index (χ4n) is 0.899. The van der Waals surface area contributed by atoms with Gasteiger partial charge >= 0.3 is 0 Å². The molecule has 0 saturated heterocycles. The van der Waals surface area contributed by atoms with Gasteiger partial charge in [-0.15, -0.1) is 0 Å². The molecule has 14 heavy (non-hydrogen) atoms. The number of hydrogen-bond acceptors (Lipinski definition) is 2. The molecule has 1 aromatic rings. The first-order valence-electron chi connectivity index (χ1n) is 3.77. The third-order valence-corrected chi connectivity index (χ3v) is 2.83. The van der Waals surface area contributed by atoms with E-state index in [0.29, 0.717) is 10.0 Å². The summed E-state index contributed by atoms with van der Waals surface area (Å²) in [5.74, 6) is -0.747. The second kappa shape index (κ2) is 4.88. The number of nitrogens with one attached hydrogen (secondary N) is 1. The van der Waals surface area contributed by atoms with E-state index in [0.717, 1.165) is 3.57 Å². The third-order valence-electron chi connectivity index (χ3n) is 1.46. The highest BCUT2D eigenvalue weighted by molar-refractivity contribution is 14.1. The standard InChI is InChI=1S/C9H7BrINO2/c1-5(13)12-9(14)7-4-6(11)2-3-8(7)10/h2-4H,1H3,(H,12,13,14). The average Bonchev–Trinajstić information content (AvgIpc) is 2.08. The summed E-state index contributed by atoms with van der Waals surface area (Å²) in [5.41, 5.74) is 0.465. The summed E-state index contributed by atoms with van der Waals surface area (Å²) in [6.45, 7) is 1.31. The topological polar surface area (TPSA) is 46.2 Å². The van der Waals surface area contributed by atoms with Crippen molar-refractivity contribution in [2.75, 3.05) is 0 Å². The van der Waals surface area contributed by atoms with E-state index in [-0.39, 0.29) is 11.8 Å². The van der Waals surface area contributed by atoms with Crippen molar-refractivity contribution in [3.63, 3.8) is 0 Å². The molecule has 74 valence electrons. The van der Waals surface area contributed by atoms with Crippen molar-refractivity contribution in [3.05, 3.63) is 31.8 Å². The zero-order chi connectivity index (χ0) is 10.7. The molecule has 0 heterocycles. The molecule has 0 saturated carbocycles. The molecule has 0 aromatic heterocycles. The Morgan fingerprint density at radius 3 is 2.64 bits per heavy atom. The van der Waals surface area contributed by atoms with Gasteiger partial charge in [0.05, 0.1) is 5.56 Å². The highest BCUT2D eigenvalue weighted by Gasteiger charge is 2.11. The Balaban J connectivity index is 3.00. The lowest BCUT2D eigenvalue weighted by atomic mass is 10.2. The van der Waals surface area contributed by atoms with Crippen LogP contribution in [-0.2, 0) is 4.79 Å². The van der Waals surface area contributed by atoms with Gasteiger partial charge in [-0.05, 0) is 56.7 Å². The van der Waals surface area contributed by atoms with Crippen molar-refractivity contribution in [1.82, 2.24) is 5.32 Å². The molecule has 0 aliphatic rings. The molecule has 1 aromatic carbocycles. The Hall–Kier alpha value is -0.430. The van der Waals surface area contributed by atoms with E-state index >= 15 is 0 Å². The first-order chi connectivity index (χ1) is 6.50. The monoisotopic (exact) mass is 367 g/mol. The Kier molecular flexibility index (Phi) is 4.06. The zero-order valence-corrected chi connectivity index (χ0v) is 11.0. The van der Waals surface area contributed by atoms with Crippen LogP contribution in [0.4, 0.5) is 0 Å². The summed E-state index contributed by atoms with van der Waals surface area (Å²) in [4.78, 5) is 22.1. The van der Waals surface area contributed by atoms with Crippen molar-refractivity contribution in [2.24, 2.45) is 0 Å². The number of carbonyl (C=O) groups is 2. The lowest BCUT2D eigenvalue weighted by Crippen LogP contribution is -2.28. The zero-order valence-electron chi connectivity index (χ0n) is 7.30. The molecule has 1 rings (SSSR count). The molecule has 0 atom stereocenters. The Morgan fingerprint density at radius 2 is 2.07 bits per heavy atom. The molecule has 0 bridgehead atoms. The molecule has 1 N–H and O–H groups in total. The van der Waals surface area contributed by atoms with Crippen LogP contribution in [0.25, 0.3) is 0 Å². The molecule has 0 fully saturated rings. The van der Waals surface area contributed by atoms with E-state index in [4.69, 9.17) is 0 Å². The molecule has 0 spiro atoms. The molecular formula is C9H7BrINO2. The first-order valence-corrected chi connectivity index (χ1v) is 5.65. The van der Waals surface area contributed by atoms with Crippen molar-refractivity contribution in [2.45, 2.75) is 6.92 Å².